The summed E-state index contributed by atoms with van der Waals surface area (Å²) < 4.78 is 41.4. The van der Waals surface area contributed by atoms with Crippen molar-refractivity contribution in [3.05, 3.63) is 71.8 Å². The first kappa shape index (κ1) is 20.8. The highest BCUT2D eigenvalue weighted by molar-refractivity contribution is 7.85. The van der Waals surface area contributed by atoms with E-state index in [0.29, 0.717) is 5.56 Å². The summed E-state index contributed by atoms with van der Waals surface area (Å²) in [7, 11) is -3.92. The highest BCUT2D eigenvalue weighted by Crippen LogP contribution is 2.33. The molecule has 160 valence electrons. The molecule has 0 aromatic heterocycles. The molecule has 8 nitrogen and oxygen atoms in total. The van der Waals surface area contributed by atoms with Gasteiger partial charge in [0.15, 0.2) is 0 Å². The number of ether oxygens (including phenoxy) is 2. The van der Waals surface area contributed by atoms with E-state index in [1.807, 2.05) is 30.3 Å². The summed E-state index contributed by atoms with van der Waals surface area (Å²) in [6, 6.07) is 17.2. The maximum atomic E-state index is 12.6. The quantitative estimate of drug-likeness (QED) is 0.692. The van der Waals surface area contributed by atoms with E-state index in [9.17, 15) is 18.3 Å². The summed E-state index contributed by atoms with van der Waals surface area (Å²) in [5.41, 5.74) is 1.42. The van der Waals surface area contributed by atoms with Gasteiger partial charge in [0, 0.05) is 0 Å². The topological polar surface area (TPSA) is 102 Å². The molecule has 4 atom stereocenters. The van der Waals surface area contributed by atoms with Crippen LogP contribution in [0.25, 0.3) is 0 Å². The smallest absolute Gasteiger partial charge is 0.410 e. The Bertz CT molecular complexity index is 967. The molecule has 0 bridgehead atoms. The molecule has 2 aromatic carbocycles. The Morgan fingerprint density at radius 3 is 2.37 bits per heavy atom. The third-order valence-corrected chi connectivity index (χ3v) is 6.42. The second-order valence-electron chi connectivity index (χ2n) is 7.37. The number of carbonyl (C=O) groups excluding carboxylic acids is 1. The number of fused-ring (bicyclic) bond motifs is 1. The van der Waals surface area contributed by atoms with Gasteiger partial charge in [0.05, 0.1) is 19.2 Å². The van der Waals surface area contributed by atoms with Crippen LogP contribution < -0.4 is 0 Å². The Hall–Kier alpha value is -2.46. The van der Waals surface area contributed by atoms with E-state index in [2.05, 4.69) is 0 Å². The van der Waals surface area contributed by atoms with Gasteiger partial charge in [-0.15, -0.1) is 0 Å². The number of nitrogens with zero attached hydrogens (tertiary/aromatic N) is 1. The van der Waals surface area contributed by atoms with Gasteiger partial charge < -0.3 is 14.6 Å². The van der Waals surface area contributed by atoms with Crippen LogP contribution in [0, 0.1) is 0 Å². The molecule has 30 heavy (non-hydrogen) atoms. The van der Waals surface area contributed by atoms with Gasteiger partial charge in [0.25, 0.3) is 10.1 Å². The fourth-order valence-electron chi connectivity index (χ4n) is 3.84. The second-order valence-corrected chi connectivity index (χ2v) is 8.97. The number of hydrogen-bond donors (Lipinski definition) is 1. The minimum Gasteiger partial charge on any atom is -0.445 e. The fourth-order valence-corrected chi connectivity index (χ4v) is 5.06. The van der Waals surface area contributed by atoms with Crippen LogP contribution in [0.5, 0.6) is 0 Å². The van der Waals surface area contributed by atoms with Crippen LogP contribution in [0.1, 0.15) is 11.1 Å². The zero-order valence-electron chi connectivity index (χ0n) is 16.2. The lowest BCUT2D eigenvalue weighted by Crippen LogP contribution is -2.44. The molecule has 0 saturated carbocycles. The highest BCUT2D eigenvalue weighted by atomic mass is 32.2. The Labute approximate surface area is 175 Å². The predicted molar refractivity (Wildman–Crippen MR) is 107 cm³/mol. The Morgan fingerprint density at radius 1 is 1.07 bits per heavy atom. The first-order chi connectivity index (χ1) is 14.4. The third kappa shape index (κ3) is 4.65. The van der Waals surface area contributed by atoms with E-state index >= 15 is 0 Å². The highest BCUT2D eigenvalue weighted by Gasteiger charge is 2.54. The van der Waals surface area contributed by atoms with Gasteiger partial charge >= 0.3 is 6.09 Å². The lowest BCUT2D eigenvalue weighted by atomic mass is 10.1. The number of hydrogen-bond acceptors (Lipinski definition) is 7. The number of aliphatic hydroxyl groups excluding tert-OH is 1. The van der Waals surface area contributed by atoms with E-state index in [0.717, 1.165) is 5.56 Å². The summed E-state index contributed by atoms with van der Waals surface area (Å²) in [6.45, 7) is 0.0206. The molecule has 1 N–H and O–H groups in total. The van der Waals surface area contributed by atoms with Crippen molar-refractivity contribution in [1.82, 2.24) is 4.90 Å². The number of rotatable bonds is 6. The molecule has 2 heterocycles. The number of benzene rings is 2. The maximum absolute atomic E-state index is 12.6. The van der Waals surface area contributed by atoms with Gasteiger partial charge in [0.1, 0.15) is 30.7 Å². The Kier molecular flexibility index (Phi) is 6.05. The van der Waals surface area contributed by atoms with Gasteiger partial charge in [-0.2, -0.15) is 8.42 Å². The lowest BCUT2D eigenvalue weighted by Gasteiger charge is -2.24. The molecule has 0 spiro atoms. The normalized spacial score (nSPS) is 25.8. The van der Waals surface area contributed by atoms with Crippen LogP contribution in [0.3, 0.4) is 0 Å². The molecular formula is C21H23NO7S. The van der Waals surface area contributed by atoms with Crippen molar-refractivity contribution in [3.63, 3.8) is 0 Å². The van der Waals surface area contributed by atoms with Crippen LogP contribution in [-0.4, -0.2) is 62.0 Å². The lowest BCUT2D eigenvalue weighted by molar-refractivity contribution is 0.0261. The fraction of sp³-hybridized carbons (Fsp3) is 0.381. The first-order valence-electron chi connectivity index (χ1n) is 9.65. The molecule has 4 rings (SSSR count). The van der Waals surface area contributed by atoms with Gasteiger partial charge in [-0.25, -0.2) is 4.79 Å². The Balaban J connectivity index is 1.43. The zero-order chi connectivity index (χ0) is 21.1. The summed E-state index contributed by atoms with van der Waals surface area (Å²) in [5, 5.41) is 10.3. The summed E-state index contributed by atoms with van der Waals surface area (Å²) in [5.74, 6) is -0.289. The molecule has 0 aliphatic carbocycles. The SMILES string of the molecule is O=C(OCc1ccccc1)N1C[C@H](OS(=O)(=O)Cc2ccccc2)[C@H]2OC[C@H](O)[C@H]21. The van der Waals surface area contributed by atoms with Crippen molar-refractivity contribution in [2.75, 3.05) is 13.2 Å². The second kappa shape index (κ2) is 8.73. The van der Waals surface area contributed by atoms with E-state index in [1.54, 1.807) is 30.3 Å². The van der Waals surface area contributed by atoms with Crippen molar-refractivity contribution in [2.24, 2.45) is 0 Å². The Morgan fingerprint density at radius 2 is 1.70 bits per heavy atom. The van der Waals surface area contributed by atoms with Crippen LogP contribution in [0.2, 0.25) is 0 Å². The number of likely N-dealkylation sites (tertiary alicyclic amines) is 1. The minimum atomic E-state index is -3.92. The summed E-state index contributed by atoms with van der Waals surface area (Å²) in [4.78, 5) is 13.9. The minimum absolute atomic E-state index is 0.00358. The molecule has 0 radical (unpaired) electrons. The molecular weight excluding hydrogens is 410 g/mol. The molecule has 2 saturated heterocycles. The van der Waals surface area contributed by atoms with Gasteiger partial charge in [0.2, 0.25) is 0 Å². The number of aliphatic hydroxyl groups is 1. The first-order valence-corrected chi connectivity index (χ1v) is 11.2. The number of carbonyl (C=O) groups is 1. The van der Waals surface area contributed by atoms with E-state index in [-0.39, 0.29) is 25.5 Å². The van der Waals surface area contributed by atoms with Gasteiger partial charge in [-0.1, -0.05) is 60.7 Å². The number of amides is 1. The maximum Gasteiger partial charge on any atom is 0.410 e. The third-order valence-electron chi connectivity index (χ3n) is 5.19. The van der Waals surface area contributed by atoms with Crippen molar-refractivity contribution < 1.29 is 32.0 Å². The molecule has 1 amide bonds. The van der Waals surface area contributed by atoms with Crippen LogP contribution in [-0.2, 0) is 36.1 Å². The van der Waals surface area contributed by atoms with E-state index < -0.39 is 40.6 Å². The average molecular weight is 433 g/mol. The molecule has 2 aliphatic heterocycles. The van der Waals surface area contributed by atoms with Gasteiger partial charge in [-0.05, 0) is 11.1 Å². The molecule has 9 heteroatoms. The molecule has 2 fully saturated rings. The largest absolute Gasteiger partial charge is 0.445 e. The standard InChI is InChI=1S/C21H23NO7S/c23-17-13-27-20-18(29-30(25,26)14-16-9-5-2-6-10-16)11-22(19(17)20)21(24)28-12-15-7-3-1-4-8-15/h1-10,17-20,23H,11-14H2/t17-,18-,19+,20+/m0/s1. The van der Waals surface area contributed by atoms with Crippen molar-refractivity contribution in [3.8, 4) is 0 Å². The molecule has 0 unspecified atom stereocenters. The monoisotopic (exact) mass is 433 g/mol. The zero-order valence-corrected chi connectivity index (χ0v) is 17.0. The van der Waals surface area contributed by atoms with E-state index in [1.165, 1.54) is 4.90 Å². The predicted octanol–water partition coefficient (Wildman–Crippen LogP) is 1.68. The van der Waals surface area contributed by atoms with Gasteiger partial charge in [-0.3, -0.25) is 9.08 Å². The van der Waals surface area contributed by atoms with Crippen molar-refractivity contribution in [2.45, 2.75) is 36.7 Å². The van der Waals surface area contributed by atoms with Crippen LogP contribution in [0.4, 0.5) is 4.79 Å². The molecule has 2 aromatic rings. The van der Waals surface area contributed by atoms with E-state index in [4.69, 9.17) is 13.7 Å². The van der Waals surface area contributed by atoms with Crippen molar-refractivity contribution >= 4 is 16.2 Å². The molecule has 2 aliphatic rings. The van der Waals surface area contributed by atoms with Crippen LogP contribution in [0.15, 0.2) is 60.7 Å². The average Bonchev–Trinajstić information content (AvgIpc) is 3.28. The summed E-state index contributed by atoms with van der Waals surface area (Å²) in [6.07, 6.45) is -3.24. The van der Waals surface area contributed by atoms with Crippen molar-refractivity contribution in [1.29, 1.82) is 0 Å². The summed E-state index contributed by atoms with van der Waals surface area (Å²) >= 11 is 0. The van der Waals surface area contributed by atoms with Crippen LogP contribution >= 0.6 is 0 Å².